The number of carbonyl (C=O) groups is 4. The van der Waals surface area contributed by atoms with Crippen LogP contribution in [0.2, 0.25) is 0 Å². The maximum Gasteiger partial charge on any atom is 0.622 e. The number of rotatable bonds is 9. The predicted molar refractivity (Wildman–Crippen MR) is 144 cm³/mol. The number of aromatic nitrogens is 2. The Hall–Kier alpha value is -3.80. The van der Waals surface area contributed by atoms with Crippen LogP contribution in [0.25, 0.3) is 0 Å². The highest BCUT2D eigenvalue weighted by Crippen LogP contribution is 2.17. The molecule has 1 saturated heterocycles. The molecule has 2 aromatic rings. The third kappa shape index (κ3) is 8.61. The Balaban J connectivity index is 1.86. The van der Waals surface area contributed by atoms with Gasteiger partial charge in [0, 0.05) is 24.9 Å². The molecule has 1 fully saturated rings. The predicted octanol–water partition coefficient (Wildman–Crippen LogP) is 1.57. The van der Waals surface area contributed by atoms with Gasteiger partial charge in [0.1, 0.15) is 17.8 Å². The van der Waals surface area contributed by atoms with Crippen LogP contribution >= 0.6 is 0 Å². The number of carbonyl (C=O) groups excluding carboxylic acids is 4. The monoisotopic (exact) mass is 537 g/mol. The van der Waals surface area contributed by atoms with Crippen molar-refractivity contribution >= 4 is 30.9 Å². The molecule has 0 spiro atoms. The van der Waals surface area contributed by atoms with Crippen LogP contribution in [0.3, 0.4) is 0 Å². The molecule has 0 aliphatic carbocycles. The molecular formula is C27H36BN5O6. The standard InChI is InChI=1S/C27H36BN5O6/c1-17(2)13-23(28-38-24(34)14-18(3)33(5)19(4)27(37)39-28)32-25(35)21(15-20-9-7-6-8-10-20)31-26(36)22-16-29-11-12-30-22/h6-12,16-19,21,23H,13-15H2,1-5H3,(H,31,36)(H,32,35)/t18-,19+,21?,23-/m0/s1. The van der Waals surface area contributed by atoms with E-state index >= 15 is 0 Å². The van der Waals surface area contributed by atoms with Crippen LogP contribution in [0.15, 0.2) is 48.9 Å². The van der Waals surface area contributed by atoms with Gasteiger partial charge in [-0.1, -0.05) is 44.2 Å². The summed E-state index contributed by atoms with van der Waals surface area (Å²) in [6.07, 6.45) is 4.74. The van der Waals surface area contributed by atoms with E-state index in [2.05, 4.69) is 20.6 Å². The molecule has 2 amide bonds. The summed E-state index contributed by atoms with van der Waals surface area (Å²) in [5.74, 6) is -2.98. The zero-order chi connectivity index (χ0) is 28.5. The third-order valence-electron chi connectivity index (χ3n) is 6.67. The number of likely N-dealkylation sites (N-methyl/N-ethyl adjacent to an activating group) is 1. The summed E-state index contributed by atoms with van der Waals surface area (Å²) in [6, 6.07) is 7.37. The van der Waals surface area contributed by atoms with Crippen LogP contribution in [0.4, 0.5) is 0 Å². The van der Waals surface area contributed by atoms with Gasteiger partial charge in [-0.3, -0.25) is 29.1 Å². The van der Waals surface area contributed by atoms with Gasteiger partial charge in [-0.15, -0.1) is 0 Å². The molecule has 0 saturated carbocycles. The summed E-state index contributed by atoms with van der Waals surface area (Å²) in [7, 11) is 0.413. The highest BCUT2D eigenvalue weighted by molar-refractivity contribution is 6.51. The summed E-state index contributed by atoms with van der Waals surface area (Å²) in [5, 5.41) is 5.62. The summed E-state index contributed by atoms with van der Waals surface area (Å²) >= 11 is 0. The molecule has 12 heteroatoms. The topological polar surface area (TPSA) is 140 Å². The highest BCUT2D eigenvalue weighted by Gasteiger charge is 2.43. The Morgan fingerprint density at radius 3 is 2.46 bits per heavy atom. The van der Waals surface area contributed by atoms with Crippen molar-refractivity contribution in [2.24, 2.45) is 5.92 Å². The average Bonchev–Trinajstić information content (AvgIpc) is 2.94. The van der Waals surface area contributed by atoms with Crippen molar-refractivity contribution in [3.8, 4) is 0 Å². The second-order valence-corrected chi connectivity index (χ2v) is 10.2. The molecule has 11 nitrogen and oxygen atoms in total. The van der Waals surface area contributed by atoms with Crippen molar-refractivity contribution in [1.82, 2.24) is 25.5 Å². The highest BCUT2D eigenvalue weighted by atomic mass is 16.6. The Labute approximate surface area is 229 Å². The fourth-order valence-electron chi connectivity index (χ4n) is 4.25. The second-order valence-electron chi connectivity index (χ2n) is 10.2. The van der Waals surface area contributed by atoms with E-state index in [9.17, 15) is 19.2 Å². The normalized spacial score (nSPS) is 20.1. The lowest BCUT2D eigenvalue weighted by atomic mass is 9.73. The van der Waals surface area contributed by atoms with Crippen LogP contribution in [0.5, 0.6) is 0 Å². The molecule has 0 bridgehead atoms. The van der Waals surface area contributed by atoms with Crippen LogP contribution in [0, 0.1) is 5.92 Å². The number of benzene rings is 1. The van der Waals surface area contributed by atoms with E-state index in [-0.39, 0.29) is 30.5 Å². The lowest BCUT2D eigenvalue weighted by molar-refractivity contribution is -0.142. The minimum absolute atomic E-state index is 0.0566. The van der Waals surface area contributed by atoms with Gasteiger partial charge >= 0.3 is 13.1 Å². The van der Waals surface area contributed by atoms with Crippen LogP contribution < -0.4 is 10.6 Å². The lowest BCUT2D eigenvalue weighted by Crippen LogP contribution is -2.57. The van der Waals surface area contributed by atoms with Gasteiger partial charge in [0.05, 0.1) is 18.6 Å². The van der Waals surface area contributed by atoms with E-state index in [1.165, 1.54) is 18.6 Å². The molecule has 39 heavy (non-hydrogen) atoms. The minimum Gasteiger partial charge on any atom is -0.498 e. The molecule has 208 valence electrons. The molecule has 0 radical (unpaired) electrons. The second kappa shape index (κ2) is 13.8. The van der Waals surface area contributed by atoms with Crippen molar-refractivity contribution < 1.29 is 28.5 Å². The Bertz CT molecular complexity index is 1140. The smallest absolute Gasteiger partial charge is 0.498 e. The first-order chi connectivity index (χ1) is 18.5. The zero-order valence-electron chi connectivity index (χ0n) is 23.0. The Kier molecular flexibility index (Phi) is 10.6. The molecule has 1 aromatic carbocycles. The molecule has 2 heterocycles. The summed E-state index contributed by atoms with van der Waals surface area (Å²) < 4.78 is 11.2. The van der Waals surface area contributed by atoms with Gasteiger partial charge < -0.3 is 19.9 Å². The fraction of sp³-hybridized carbons (Fsp3) is 0.481. The van der Waals surface area contributed by atoms with E-state index in [4.69, 9.17) is 9.31 Å². The maximum absolute atomic E-state index is 13.7. The number of hydrogen-bond donors (Lipinski definition) is 2. The molecule has 3 rings (SSSR count). The number of hydrogen-bond acceptors (Lipinski definition) is 9. The third-order valence-corrected chi connectivity index (χ3v) is 6.67. The van der Waals surface area contributed by atoms with Gasteiger partial charge in [-0.05, 0) is 38.8 Å². The quantitative estimate of drug-likeness (QED) is 0.456. The molecule has 1 aromatic heterocycles. The van der Waals surface area contributed by atoms with Crippen LogP contribution in [-0.2, 0) is 30.1 Å². The number of nitrogens with one attached hydrogen (secondary N) is 2. The van der Waals surface area contributed by atoms with Crippen molar-refractivity contribution in [2.45, 2.75) is 71.0 Å². The molecule has 1 aliphatic heterocycles. The van der Waals surface area contributed by atoms with Crippen molar-refractivity contribution in [3.05, 3.63) is 60.2 Å². The maximum atomic E-state index is 13.7. The van der Waals surface area contributed by atoms with Crippen molar-refractivity contribution in [3.63, 3.8) is 0 Å². The first kappa shape index (κ1) is 29.8. The Morgan fingerprint density at radius 2 is 1.82 bits per heavy atom. The van der Waals surface area contributed by atoms with Crippen molar-refractivity contribution in [1.29, 1.82) is 0 Å². The molecular weight excluding hydrogens is 501 g/mol. The van der Waals surface area contributed by atoms with E-state index < -0.39 is 48.9 Å². The fourth-order valence-corrected chi connectivity index (χ4v) is 4.25. The first-order valence-electron chi connectivity index (χ1n) is 13.1. The van der Waals surface area contributed by atoms with Crippen molar-refractivity contribution in [2.75, 3.05) is 7.05 Å². The molecule has 2 N–H and O–H groups in total. The van der Waals surface area contributed by atoms with Gasteiger partial charge in [0.2, 0.25) is 5.91 Å². The van der Waals surface area contributed by atoms with Gasteiger partial charge in [0.15, 0.2) is 0 Å². The van der Waals surface area contributed by atoms with Gasteiger partial charge in [-0.25, -0.2) is 4.98 Å². The van der Waals surface area contributed by atoms with E-state index in [0.29, 0.717) is 6.42 Å². The van der Waals surface area contributed by atoms with E-state index in [0.717, 1.165) is 5.56 Å². The molecule has 1 aliphatic rings. The molecule has 4 atom stereocenters. The SMILES string of the molecule is CC(C)C[C@H](NC(=O)C(Cc1ccccc1)NC(=O)c1cnccn1)B1OC(=O)C[C@H](C)N(C)[C@H](C)C(=O)O1. The summed E-state index contributed by atoms with van der Waals surface area (Å²) in [4.78, 5) is 61.8. The van der Waals surface area contributed by atoms with Crippen LogP contribution in [-0.4, -0.2) is 76.9 Å². The largest absolute Gasteiger partial charge is 0.622 e. The summed E-state index contributed by atoms with van der Waals surface area (Å²) in [6.45, 7) is 7.40. The Morgan fingerprint density at radius 1 is 1.10 bits per heavy atom. The molecule has 1 unspecified atom stereocenters. The number of amides is 2. The summed E-state index contributed by atoms with van der Waals surface area (Å²) in [5.41, 5.74) is 0.886. The van der Waals surface area contributed by atoms with Gasteiger partial charge in [-0.2, -0.15) is 0 Å². The van der Waals surface area contributed by atoms with E-state index in [1.54, 1.807) is 18.9 Å². The van der Waals surface area contributed by atoms with Gasteiger partial charge in [0.25, 0.3) is 11.9 Å². The number of nitrogens with zero attached hydrogens (tertiary/aromatic N) is 3. The van der Waals surface area contributed by atoms with Crippen LogP contribution in [0.1, 0.15) is 56.6 Å². The minimum atomic E-state index is -1.33. The first-order valence-corrected chi connectivity index (χ1v) is 13.1. The average molecular weight is 537 g/mol. The van der Waals surface area contributed by atoms with E-state index in [1.807, 2.05) is 51.1 Å². The zero-order valence-corrected chi connectivity index (χ0v) is 23.0. The lowest BCUT2D eigenvalue weighted by Gasteiger charge is -2.28.